The van der Waals surface area contributed by atoms with Crippen LogP contribution in [-0.4, -0.2) is 74.2 Å². The summed E-state index contributed by atoms with van der Waals surface area (Å²) in [6, 6.07) is 6.90. The normalized spacial score (nSPS) is 17.2. The molecule has 16 heteroatoms. The summed E-state index contributed by atoms with van der Waals surface area (Å²) in [4.78, 5) is 60.7. The van der Waals surface area contributed by atoms with Gasteiger partial charge in [-0.3, -0.25) is 39.5 Å². The standard InChI is InChI=1S/C23H24N6O9S/c24-39(36,37)13-4-5-15(18(12-13)29(34)35)25-8-10-38-11-9-26-16-3-1-2-14-20(16)23(33)28(22(14)32)17-6-7-19(30)27-21(17)31/h1-5,12,17,25-26H,6-11H2,(H2,24,36,37)(H,27,30,31). The zero-order chi connectivity index (χ0) is 28.3. The van der Waals surface area contributed by atoms with Crippen molar-refractivity contribution in [2.24, 2.45) is 5.14 Å². The number of hydrogen-bond donors (Lipinski definition) is 4. The molecule has 5 N–H and O–H groups in total. The number of nitro benzene ring substituents is 1. The molecule has 2 aromatic rings. The van der Waals surface area contributed by atoms with Crippen molar-refractivity contribution in [2.45, 2.75) is 23.8 Å². The number of nitro groups is 1. The molecule has 206 valence electrons. The molecule has 1 unspecified atom stereocenters. The number of nitrogens with zero attached hydrogens (tertiary/aromatic N) is 2. The van der Waals surface area contributed by atoms with Crippen molar-refractivity contribution in [3.05, 3.63) is 57.6 Å². The smallest absolute Gasteiger partial charge is 0.293 e. The zero-order valence-electron chi connectivity index (χ0n) is 20.3. The second-order valence-electron chi connectivity index (χ2n) is 8.62. The highest BCUT2D eigenvalue weighted by Crippen LogP contribution is 2.32. The molecular weight excluding hydrogens is 536 g/mol. The molecular formula is C23H24N6O9S. The van der Waals surface area contributed by atoms with Gasteiger partial charge >= 0.3 is 0 Å². The minimum absolute atomic E-state index is 0.0232. The van der Waals surface area contributed by atoms with Crippen molar-refractivity contribution in [2.75, 3.05) is 36.9 Å². The van der Waals surface area contributed by atoms with Gasteiger partial charge in [-0.25, -0.2) is 13.6 Å². The molecule has 1 fully saturated rings. The lowest BCUT2D eigenvalue weighted by Crippen LogP contribution is -2.54. The van der Waals surface area contributed by atoms with Crippen LogP contribution in [0.25, 0.3) is 0 Å². The van der Waals surface area contributed by atoms with Crippen molar-refractivity contribution >= 4 is 50.7 Å². The van der Waals surface area contributed by atoms with Gasteiger partial charge in [-0.2, -0.15) is 0 Å². The molecule has 39 heavy (non-hydrogen) atoms. The quantitative estimate of drug-likeness (QED) is 0.126. The number of rotatable bonds is 11. The van der Waals surface area contributed by atoms with Crippen molar-refractivity contribution in [1.82, 2.24) is 10.2 Å². The van der Waals surface area contributed by atoms with Crippen molar-refractivity contribution in [3.63, 3.8) is 0 Å². The SMILES string of the molecule is NS(=O)(=O)c1ccc(NCCOCCNc2cccc3c2C(=O)N(C2CCC(=O)NC2=O)C3=O)c([N+](=O)[O-])c1. The number of imide groups is 2. The Hall–Kier alpha value is -4.41. The van der Waals surface area contributed by atoms with Crippen LogP contribution in [0, 0.1) is 10.1 Å². The third-order valence-corrected chi connectivity index (χ3v) is 7.00. The zero-order valence-corrected chi connectivity index (χ0v) is 21.2. The van der Waals surface area contributed by atoms with Crippen molar-refractivity contribution in [3.8, 4) is 0 Å². The first-order valence-electron chi connectivity index (χ1n) is 11.7. The predicted octanol–water partition coefficient (Wildman–Crippen LogP) is 0.184. The number of fused-ring (bicyclic) bond motifs is 1. The summed E-state index contributed by atoms with van der Waals surface area (Å²) < 4.78 is 28.4. The lowest BCUT2D eigenvalue weighted by atomic mass is 10.0. The van der Waals surface area contributed by atoms with E-state index in [0.717, 1.165) is 17.0 Å². The van der Waals surface area contributed by atoms with E-state index in [2.05, 4.69) is 16.0 Å². The van der Waals surface area contributed by atoms with Crippen LogP contribution in [0.5, 0.6) is 0 Å². The summed E-state index contributed by atoms with van der Waals surface area (Å²) in [5.74, 6) is -2.39. The number of amides is 4. The third-order valence-electron chi connectivity index (χ3n) is 6.09. The number of carbonyl (C=O) groups is 4. The predicted molar refractivity (Wildman–Crippen MR) is 135 cm³/mol. The topological polar surface area (TPSA) is 220 Å². The van der Waals surface area contributed by atoms with Gasteiger partial charge in [0.25, 0.3) is 17.5 Å². The van der Waals surface area contributed by atoms with Crippen LogP contribution in [0.3, 0.4) is 0 Å². The number of primary sulfonamides is 1. The largest absolute Gasteiger partial charge is 0.382 e. The minimum Gasteiger partial charge on any atom is -0.382 e. The van der Waals surface area contributed by atoms with Gasteiger partial charge in [0.1, 0.15) is 11.7 Å². The van der Waals surface area contributed by atoms with E-state index in [1.807, 2.05) is 0 Å². The molecule has 2 aliphatic heterocycles. The molecule has 0 aromatic heterocycles. The Morgan fingerprint density at radius 2 is 1.74 bits per heavy atom. The van der Waals surface area contributed by atoms with E-state index in [0.29, 0.717) is 5.69 Å². The Morgan fingerprint density at radius 1 is 1.05 bits per heavy atom. The Kier molecular flexibility index (Phi) is 7.89. The maximum atomic E-state index is 13.1. The number of sulfonamides is 1. The first kappa shape index (κ1) is 27.6. The molecule has 0 spiro atoms. The lowest BCUT2D eigenvalue weighted by molar-refractivity contribution is -0.384. The highest BCUT2D eigenvalue weighted by Gasteiger charge is 2.45. The van der Waals surface area contributed by atoms with Gasteiger partial charge in [0.15, 0.2) is 0 Å². The molecule has 0 bridgehead atoms. The van der Waals surface area contributed by atoms with Gasteiger partial charge in [0.2, 0.25) is 21.8 Å². The van der Waals surface area contributed by atoms with E-state index in [-0.39, 0.29) is 60.9 Å². The average Bonchev–Trinajstić information content (AvgIpc) is 3.13. The molecule has 1 saturated heterocycles. The first-order chi connectivity index (χ1) is 18.5. The van der Waals surface area contributed by atoms with E-state index >= 15 is 0 Å². The summed E-state index contributed by atoms with van der Waals surface area (Å²) in [5.41, 5.74) is 0.302. The first-order valence-corrected chi connectivity index (χ1v) is 13.2. The maximum absolute atomic E-state index is 13.1. The van der Waals surface area contributed by atoms with Gasteiger partial charge < -0.3 is 15.4 Å². The molecule has 0 saturated carbocycles. The van der Waals surface area contributed by atoms with Gasteiger partial charge in [-0.1, -0.05) is 6.07 Å². The molecule has 2 heterocycles. The van der Waals surface area contributed by atoms with Crippen LogP contribution in [0.1, 0.15) is 33.6 Å². The van der Waals surface area contributed by atoms with Crippen LogP contribution in [0.2, 0.25) is 0 Å². The van der Waals surface area contributed by atoms with E-state index in [9.17, 15) is 37.7 Å². The highest BCUT2D eigenvalue weighted by atomic mass is 32.2. The number of piperidine rings is 1. The summed E-state index contributed by atoms with van der Waals surface area (Å²) in [5, 5.41) is 24.3. The Labute approximate surface area is 221 Å². The summed E-state index contributed by atoms with van der Waals surface area (Å²) in [6.45, 7) is 0.740. The van der Waals surface area contributed by atoms with E-state index in [1.54, 1.807) is 12.1 Å². The van der Waals surface area contributed by atoms with Gasteiger partial charge in [0, 0.05) is 31.3 Å². The molecule has 1 atom stereocenters. The maximum Gasteiger partial charge on any atom is 0.293 e. The van der Waals surface area contributed by atoms with Gasteiger partial charge in [-0.05, 0) is 30.7 Å². The summed E-state index contributed by atoms with van der Waals surface area (Å²) in [7, 11) is -4.09. The third kappa shape index (κ3) is 5.87. The second-order valence-corrected chi connectivity index (χ2v) is 10.2. The number of anilines is 2. The van der Waals surface area contributed by atoms with E-state index in [1.165, 1.54) is 12.1 Å². The number of benzene rings is 2. The van der Waals surface area contributed by atoms with Crippen LogP contribution in [-0.2, 0) is 24.3 Å². The number of hydrogen-bond acceptors (Lipinski definition) is 11. The Balaban J connectivity index is 1.29. The fraction of sp³-hybridized carbons (Fsp3) is 0.304. The fourth-order valence-electron chi connectivity index (χ4n) is 4.27. The molecule has 2 aromatic carbocycles. The monoisotopic (exact) mass is 560 g/mol. The van der Waals surface area contributed by atoms with Crippen molar-refractivity contribution < 1.29 is 37.3 Å². The number of ether oxygens (including phenoxy) is 1. The van der Waals surface area contributed by atoms with Crippen LogP contribution in [0.15, 0.2) is 41.3 Å². The van der Waals surface area contributed by atoms with E-state index in [4.69, 9.17) is 9.88 Å². The molecule has 15 nitrogen and oxygen atoms in total. The van der Waals surface area contributed by atoms with Crippen LogP contribution in [0.4, 0.5) is 17.1 Å². The Morgan fingerprint density at radius 3 is 2.38 bits per heavy atom. The fourth-order valence-corrected chi connectivity index (χ4v) is 4.80. The lowest BCUT2D eigenvalue weighted by Gasteiger charge is -2.27. The molecule has 2 aliphatic rings. The number of carbonyl (C=O) groups excluding carboxylic acids is 4. The van der Waals surface area contributed by atoms with Crippen LogP contribution < -0.4 is 21.1 Å². The molecule has 0 aliphatic carbocycles. The Bertz CT molecular complexity index is 1480. The van der Waals surface area contributed by atoms with Crippen LogP contribution >= 0.6 is 0 Å². The van der Waals surface area contributed by atoms with E-state index < -0.39 is 50.3 Å². The summed E-state index contributed by atoms with van der Waals surface area (Å²) >= 11 is 0. The summed E-state index contributed by atoms with van der Waals surface area (Å²) in [6.07, 6.45) is 0.0789. The second kappa shape index (κ2) is 11.1. The molecule has 0 radical (unpaired) electrons. The average molecular weight is 561 g/mol. The highest BCUT2D eigenvalue weighted by molar-refractivity contribution is 7.89. The van der Waals surface area contributed by atoms with Gasteiger partial charge in [-0.15, -0.1) is 0 Å². The van der Waals surface area contributed by atoms with Crippen molar-refractivity contribution in [1.29, 1.82) is 0 Å². The minimum atomic E-state index is -4.09. The number of nitrogens with two attached hydrogens (primary N) is 1. The number of nitrogens with one attached hydrogen (secondary N) is 3. The van der Waals surface area contributed by atoms with Gasteiger partial charge in [0.05, 0.1) is 34.2 Å². The molecule has 4 rings (SSSR count). The molecule has 4 amide bonds.